The number of likely N-dealkylation sites (tertiary alicyclic amines) is 1. The fourth-order valence-electron chi connectivity index (χ4n) is 2.75. The molecule has 3 rings (SSSR count). The quantitative estimate of drug-likeness (QED) is 0.760. The predicted molar refractivity (Wildman–Crippen MR) is 63.8 cm³/mol. The normalized spacial score (nSPS) is 19.5. The van der Waals surface area contributed by atoms with E-state index >= 15 is 0 Å². The number of nitrogens with zero attached hydrogens (tertiary/aromatic N) is 3. The second kappa shape index (κ2) is 4.14. The lowest BCUT2D eigenvalue weighted by Gasteiger charge is -2.17. The third-order valence-corrected chi connectivity index (χ3v) is 3.71. The third-order valence-electron chi connectivity index (χ3n) is 3.71. The second-order valence-electron chi connectivity index (χ2n) is 4.82. The van der Waals surface area contributed by atoms with Crippen LogP contribution in [0.3, 0.4) is 0 Å². The van der Waals surface area contributed by atoms with Crippen molar-refractivity contribution in [3.8, 4) is 0 Å². The van der Waals surface area contributed by atoms with Crippen LogP contribution in [0, 0.1) is 0 Å². The van der Waals surface area contributed by atoms with Crippen molar-refractivity contribution in [3.63, 3.8) is 0 Å². The van der Waals surface area contributed by atoms with Crippen LogP contribution in [0.4, 0.5) is 0 Å². The summed E-state index contributed by atoms with van der Waals surface area (Å²) in [4.78, 5) is 14.3. The fourth-order valence-corrected chi connectivity index (χ4v) is 2.75. The number of rotatable bonds is 1. The van der Waals surface area contributed by atoms with Crippen molar-refractivity contribution >= 4 is 5.91 Å². The average Bonchev–Trinajstić information content (AvgIpc) is 2.97. The molecule has 1 aromatic heterocycles. The lowest BCUT2D eigenvalue weighted by Crippen LogP contribution is -2.30. The molecule has 0 unspecified atom stereocenters. The summed E-state index contributed by atoms with van der Waals surface area (Å²) in [6.45, 7) is 3.55. The molecule has 1 saturated heterocycles. The molecule has 5 heteroatoms. The average molecular weight is 234 g/mol. The van der Waals surface area contributed by atoms with Crippen LogP contribution in [0.25, 0.3) is 0 Å². The summed E-state index contributed by atoms with van der Waals surface area (Å²) in [6.07, 6.45) is 3.17. The second-order valence-corrected chi connectivity index (χ2v) is 4.82. The summed E-state index contributed by atoms with van der Waals surface area (Å²) in [7, 11) is 1.92. The predicted octanol–water partition coefficient (Wildman–Crippen LogP) is 0.302. The van der Waals surface area contributed by atoms with Crippen LogP contribution in [0.1, 0.15) is 34.6 Å². The van der Waals surface area contributed by atoms with Crippen molar-refractivity contribution in [2.24, 2.45) is 7.05 Å². The molecule has 1 N–H and O–H groups in total. The number of aromatic nitrogens is 2. The van der Waals surface area contributed by atoms with Crippen molar-refractivity contribution in [2.75, 3.05) is 19.6 Å². The zero-order chi connectivity index (χ0) is 11.8. The van der Waals surface area contributed by atoms with E-state index in [2.05, 4.69) is 10.4 Å². The van der Waals surface area contributed by atoms with E-state index < -0.39 is 0 Å². The maximum Gasteiger partial charge on any atom is 0.274 e. The molecule has 92 valence electrons. The summed E-state index contributed by atoms with van der Waals surface area (Å²) in [5.74, 6) is 0.126. The molecule has 2 aliphatic heterocycles. The first-order valence-electron chi connectivity index (χ1n) is 6.32. The fraction of sp³-hybridized carbons (Fsp3) is 0.667. The number of carbonyl (C=O) groups is 1. The topological polar surface area (TPSA) is 50.2 Å². The van der Waals surface area contributed by atoms with Crippen molar-refractivity contribution in [1.82, 2.24) is 20.0 Å². The van der Waals surface area contributed by atoms with Crippen LogP contribution in [0.2, 0.25) is 0 Å². The highest BCUT2D eigenvalue weighted by molar-refractivity contribution is 5.94. The van der Waals surface area contributed by atoms with Gasteiger partial charge in [-0.15, -0.1) is 0 Å². The minimum absolute atomic E-state index is 0.126. The van der Waals surface area contributed by atoms with Gasteiger partial charge in [0, 0.05) is 32.2 Å². The van der Waals surface area contributed by atoms with Gasteiger partial charge < -0.3 is 10.2 Å². The first kappa shape index (κ1) is 10.8. The van der Waals surface area contributed by atoms with E-state index in [9.17, 15) is 4.79 Å². The van der Waals surface area contributed by atoms with Gasteiger partial charge in [-0.05, 0) is 25.8 Å². The van der Waals surface area contributed by atoms with Gasteiger partial charge >= 0.3 is 0 Å². The third kappa shape index (κ3) is 1.74. The number of nitrogens with one attached hydrogen (secondary N) is 1. The lowest BCUT2D eigenvalue weighted by atomic mass is 10.1. The standard InChI is InChI=1S/C12H18N4O/c1-15-10-8-13-5-4-9(10)11(14-15)12(17)16-6-2-3-7-16/h13H,2-8H2,1H3. The van der Waals surface area contributed by atoms with Crippen molar-refractivity contribution in [3.05, 3.63) is 17.0 Å². The Bertz CT molecular complexity index is 446. The summed E-state index contributed by atoms with van der Waals surface area (Å²) in [6, 6.07) is 0. The Balaban J connectivity index is 1.94. The highest BCUT2D eigenvalue weighted by Crippen LogP contribution is 2.20. The summed E-state index contributed by atoms with van der Waals surface area (Å²) >= 11 is 0. The molecule has 0 saturated carbocycles. The number of fused-ring (bicyclic) bond motifs is 1. The van der Waals surface area contributed by atoms with Gasteiger partial charge in [0.25, 0.3) is 5.91 Å². The van der Waals surface area contributed by atoms with E-state index in [1.807, 2.05) is 16.6 Å². The van der Waals surface area contributed by atoms with Crippen LogP contribution in [0.15, 0.2) is 0 Å². The summed E-state index contributed by atoms with van der Waals surface area (Å²) in [5, 5.41) is 7.74. The van der Waals surface area contributed by atoms with Gasteiger partial charge in [0.15, 0.2) is 5.69 Å². The van der Waals surface area contributed by atoms with Gasteiger partial charge in [-0.1, -0.05) is 0 Å². The van der Waals surface area contributed by atoms with E-state index in [0.29, 0.717) is 5.69 Å². The zero-order valence-electron chi connectivity index (χ0n) is 10.2. The molecule has 0 radical (unpaired) electrons. The minimum atomic E-state index is 0.126. The maximum absolute atomic E-state index is 12.4. The first-order valence-corrected chi connectivity index (χ1v) is 6.32. The molecule has 1 fully saturated rings. The molecule has 5 nitrogen and oxygen atoms in total. The smallest absolute Gasteiger partial charge is 0.274 e. The van der Waals surface area contributed by atoms with Crippen molar-refractivity contribution < 1.29 is 4.79 Å². The van der Waals surface area contributed by atoms with E-state index in [0.717, 1.165) is 51.0 Å². The number of aryl methyl sites for hydroxylation is 1. The van der Waals surface area contributed by atoms with E-state index in [-0.39, 0.29) is 5.91 Å². The molecular weight excluding hydrogens is 216 g/mol. The van der Waals surface area contributed by atoms with Gasteiger partial charge in [0.05, 0.1) is 5.69 Å². The Morgan fingerprint density at radius 1 is 1.35 bits per heavy atom. The van der Waals surface area contributed by atoms with E-state index in [4.69, 9.17) is 0 Å². The molecule has 0 aliphatic carbocycles. The van der Waals surface area contributed by atoms with E-state index in [1.165, 1.54) is 5.69 Å². The Labute approximate surface area is 101 Å². The number of hydrogen-bond acceptors (Lipinski definition) is 3. The molecular formula is C12H18N4O. The van der Waals surface area contributed by atoms with E-state index in [1.54, 1.807) is 0 Å². The SMILES string of the molecule is Cn1nc(C(=O)N2CCCC2)c2c1CNCC2. The lowest BCUT2D eigenvalue weighted by molar-refractivity contribution is 0.0785. The Hall–Kier alpha value is -1.36. The summed E-state index contributed by atoms with van der Waals surface area (Å²) < 4.78 is 1.85. The Morgan fingerprint density at radius 3 is 2.88 bits per heavy atom. The number of carbonyl (C=O) groups excluding carboxylic acids is 1. The van der Waals surface area contributed by atoms with Crippen molar-refractivity contribution in [2.45, 2.75) is 25.8 Å². The first-order chi connectivity index (χ1) is 8.27. The maximum atomic E-state index is 12.4. The van der Waals surface area contributed by atoms with Gasteiger partial charge in [-0.2, -0.15) is 5.10 Å². The Kier molecular flexibility index (Phi) is 2.63. The molecule has 1 amide bonds. The number of amides is 1. The van der Waals surface area contributed by atoms with Gasteiger partial charge in [0.1, 0.15) is 0 Å². The highest BCUT2D eigenvalue weighted by atomic mass is 16.2. The minimum Gasteiger partial charge on any atom is -0.337 e. The molecule has 0 bridgehead atoms. The van der Waals surface area contributed by atoms with Gasteiger partial charge in [0.2, 0.25) is 0 Å². The molecule has 1 aromatic rings. The highest BCUT2D eigenvalue weighted by Gasteiger charge is 2.28. The molecule has 17 heavy (non-hydrogen) atoms. The largest absolute Gasteiger partial charge is 0.337 e. The molecule has 0 atom stereocenters. The molecule has 0 aromatic carbocycles. The zero-order valence-corrected chi connectivity index (χ0v) is 10.2. The van der Waals surface area contributed by atoms with Crippen molar-refractivity contribution in [1.29, 1.82) is 0 Å². The molecule has 3 heterocycles. The molecule has 0 spiro atoms. The van der Waals surface area contributed by atoms with Gasteiger partial charge in [-0.3, -0.25) is 9.48 Å². The van der Waals surface area contributed by atoms with Crippen LogP contribution in [-0.4, -0.2) is 40.2 Å². The van der Waals surface area contributed by atoms with Crippen LogP contribution in [-0.2, 0) is 20.0 Å². The van der Waals surface area contributed by atoms with Crippen LogP contribution >= 0.6 is 0 Å². The molecule has 2 aliphatic rings. The van der Waals surface area contributed by atoms with Crippen LogP contribution < -0.4 is 5.32 Å². The Morgan fingerprint density at radius 2 is 2.12 bits per heavy atom. The monoisotopic (exact) mass is 234 g/mol. The number of hydrogen-bond donors (Lipinski definition) is 1. The van der Waals surface area contributed by atoms with Crippen LogP contribution in [0.5, 0.6) is 0 Å². The van der Waals surface area contributed by atoms with Gasteiger partial charge in [-0.25, -0.2) is 0 Å². The summed E-state index contributed by atoms with van der Waals surface area (Å²) in [5.41, 5.74) is 3.01.